The summed E-state index contributed by atoms with van der Waals surface area (Å²) in [7, 11) is 0. The third-order valence-electron chi connectivity index (χ3n) is 9.76. The van der Waals surface area contributed by atoms with Crippen LogP contribution in [0.15, 0.2) is 84.9 Å². The van der Waals surface area contributed by atoms with Crippen LogP contribution in [0.1, 0.15) is 56.2 Å². The Morgan fingerprint density at radius 1 is 0.737 bits per heavy atom. The summed E-state index contributed by atoms with van der Waals surface area (Å²) in [5.41, 5.74) is 13.9. The fraction of sp³-hybridized carbons (Fsp3) is 0.429. The van der Waals surface area contributed by atoms with Gasteiger partial charge >= 0.3 is 0 Å². The molecule has 306 valence electrons. The van der Waals surface area contributed by atoms with Gasteiger partial charge in [0.25, 0.3) is 0 Å². The zero-order chi connectivity index (χ0) is 41.3. The summed E-state index contributed by atoms with van der Waals surface area (Å²) in [5.74, 6) is -4.29. The molecule has 3 aromatic rings. The number of hydrogen-bond acceptors (Lipinski definition) is 9. The minimum absolute atomic E-state index is 0.0462. The first-order chi connectivity index (χ1) is 27.3. The minimum atomic E-state index is -1.55. The number of aliphatic hydroxyl groups excluding tert-OH is 1. The van der Waals surface area contributed by atoms with Gasteiger partial charge in [0.05, 0.1) is 13.0 Å². The molecule has 0 aliphatic carbocycles. The van der Waals surface area contributed by atoms with E-state index in [1.54, 1.807) is 44.2 Å². The average Bonchev–Trinajstić information content (AvgIpc) is 3.19. The van der Waals surface area contributed by atoms with Crippen molar-refractivity contribution in [1.29, 1.82) is 0 Å². The van der Waals surface area contributed by atoms with Crippen LogP contribution in [0.4, 0.5) is 0 Å². The SMILES string of the molecule is CC(C)[C@H](NC(=O)CCN1CCC(Oc2ccccc2Cc2ccccc2)CC1)C(=O)N[C@@H](CO)C(=O)N[C@@H](CC(N)=O)C(=O)N[C@@H](Cc1ccccc1)C(N)=O. The van der Waals surface area contributed by atoms with Crippen molar-refractivity contribution < 1.29 is 38.6 Å². The van der Waals surface area contributed by atoms with Crippen molar-refractivity contribution in [2.45, 2.75) is 82.6 Å². The molecule has 0 saturated carbocycles. The van der Waals surface area contributed by atoms with Crippen LogP contribution in [0.5, 0.6) is 5.75 Å². The highest BCUT2D eigenvalue weighted by atomic mass is 16.5. The van der Waals surface area contributed by atoms with Gasteiger partial charge < -0.3 is 47.5 Å². The van der Waals surface area contributed by atoms with Gasteiger partial charge in [0.1, 0.15) is 36.0 Å². The van der Waals surface area contributed by atoms with Crippen LogP contribution < -0.4 is 37.5 Å². The number of para-hydroxylation sites is 1. The van der Waals surface area contributed by atoms with Gasteiger partial charge in [-0.1, -0.05) is 92.7 Å². The molecule has 0 radical (unpaired) electrons. The molecular formula is C42H55N7O8. The molecule has 6 amide bonds. The molecule has 0 unspecified atom stereocenters. The number of hydrogen-bond donors (Lipinski definition) is 7. The monoisotopic (exact) mass is 785 g/mol. The first kappa shape index (κ1) is 43.9. The molecule has 1 aliphatic rings. The predicted molar refractivity (Wildman–Crippen MR) is 213 cm³/mol. The number of carbonyl (C=O) groups excluding carboxylic acids is 6. The maximum Gasteiger partial charge on any atom is 0.245 e. The van der Waals surface area contributed by atoms with Crippen LogP contribution in [-0.2, 0) is 41.6 Å². The number of rotatable bonds is 21. The second kappa shape index (κ2) is 22.1. The number of ether oxygens (including phenoxy) is 1. The summed E-state index contributed by atoms with van der Waals surface area (Å²) in [6.07, 6.45) is 1.96. The molecule has 15 nitrogen and oxygen atoms in total. The van der Waals surface area contributed by atoms with Gasteiger partial charge in [-0.05, 0) is 41.5 Å². The van der Waals surface area contributed by atoms with E-state index in [4.69, 9.17) is 16.2 Å². The van der Waals surface area contributed by atoms with Crippen LogP contribution in [0.3, 0.4) is 0 Å². The zero-order valence-corrected chi connectivity index (χ0v) is 32.5. The number of nitrogens with zero attached hydrogens (tertiary/aromatic N) is 1. The number of nitrogens with one attached hydrogen (secondary N) is 4. The highest BCUT2D eigenvalue weighted by Crippen LogP contribution is 2.25. The maximum absolute atomic E-state index is 13.4. The summed E-state index contributed by atoms with van der Waals surface area (Å²) < 4.78 is 6.43. The van der Waals surface area contributed by atoms with Crippen molar-refractivity contribution in [3.05, 3.63) is 102 Å². The third kappa shape index (κ3) is 14.3. The van der Waals surface area contributed by atoms with Crippen LogP contribution in [0.25, 0.3) is 0 Å². The summed E-state index contributed by atoms with van der Waals surface area (Å²) >= 11 is 0. The van der Waals surface area contributed by atoms with Crippen LogP contribution in [0, 0.1) is 5.92 Å². The summed E-state index contributed by atoms with van der Waals surface area (Å²) in [5, 5.41) is 20.0. The summed E-state index contributed by atoms with van der Waals surface area (Å²) in [6, 6.07) is 21.7. The number of primary amides is 2. The van der Waals surface area contributed by atoms with E-state index in [9.17, 15) is 33.9 Å². The van der Waals surface area contributed by atoms with E-state index in [2.05, 4.69) is 44.4 Å². The highest BCUT2D eigenvalue weighted by molar-refractivity contribution is 5.97. The Hall–Kier alpha value is -5.80. The minimum Gasteiger partial charge on any atom is -0.490 e. The molecule has 4 atom stereocenters. The lowest BCUT2D eigenvalue weighted by atomic mass is 10.0. The van der Waals surface area contributed by atoms with Gasteiger partial charge in [0, 0.05) is 38.9 Å². The predicted octanol–water partition coefficient (Wildman–Crippen LogP) is 0.702. The second-order valence-electron chi connectivity index (χ2n) is 14.6. The van der Waals surface area contributed by atoms with E-state index >= 15 is 0 Å². The van der Waals surface area contributed by atoms with E-state index in [1.165, 1.54) is 5.56 Å². The summed E-state index contributed by atoms with van der Waals surface area (Å²) in [6.45, 7) is 4.54. The topological polar surface area (TPSA) is 235 Å². The van der Waals surface area contributed by atoms with E-state index in [0.717, 1.165) is 43.7 Å². The smallest absolute Gasteiger partial charge is 0.245 e. The second-order valence-corrected chi connectivity index (χ2v) is 14.6. The number of likely N-dealkylation sites (tertiary alicyclic amines) is 1. The van der Waals surface area contributed by atoms with Gasteiger partial charge in [0.2, 0.25) is 35.4 Å². The molecule has 0 bridgehead atoms. The summed E-state index contributed by atoms with van der Waals surface area (Å²) in [4.78, 5) is 78.9. The third-order valence-corrected chi connectivity index (χ3v) is 9.76. The molecular weight excluding hydrogens is 731 g/mol. The van der Waals surface area contributed by atoms with Gasteiger partial charge in [-0.15, -0.1) is 0 Å². The lowest BCUT2D eigenvalue weighted by Gasteiger charge is -2.32. The number of carbonyl (C=O) groups is 6. The fourth-order valence-electron chi connectivity index (χ4n) is 6.53. The standard InChI is InChI=1S/C42H55N7O8/c1-27(2)38(48-37(52)19-22-49-20-17-31(18-21-49)57-35-16-10-9-15-30(35)23-28-11-5-3-6-12-28)42(56)47-34(26-50)41(55)46-33(25-36(43)51)40(54)45-32(39(44)53)24-29-13-7-4-8-14-29/h3-16,27,31-34,38,50H,17-26H2,1-2H3,(H2,43,51)(H2,44,53)(H,45,54)(H,46,55)(H,47,56)(H,48,52)/t32-,33-,34-,38-/m0/s1. The average molecular weight is 786 g/mol. The van der Waals surface area contributed by atoms with Crippen LogP contribution in [0.2, 0.25) is 0 Å². The largest absolute Gasteiger partial charge is 0.490 e. The molecule has 1 heterocycles. The van der Waals surface area contributed by atoms with E-state index < -0.39 is 72.6 Å². The Bertz CT molecular complexity index is 1800. The van der Waals surface area contributed by atoms with Gasteiger partial charge in [-0.25, -0.2) is 0 Å². The van der Waals surface area contributed by atoms with Crippen molar-refractivity contribution in [3.63, 3.8) is 0 Å². The lowest BCUT2D eigenvalue weighted by Crippen LogP contribution is -2.60. The number of piperidine rings is 1. The maximum atomic E-state index is 13.4. The molecule has 0 aromatic heterocycles. The molecule has 57 heavy (non-hydrogen) atoms. The molecule has 1 fully saturated rings. The lowest BCUT2D eigenvalue weighted by molar-refractivity contribution is -0.136. The van der Waals surface area contributed by atoms with Gasteiger partial charge in [-0.2, -0.15) is 0 Å². The molecule has 15 heteroatoms. The quantitative estimate of drug-likeness (QED) is 0.0804. The highest BCUT2D eigenvalue weighted by Gasteiger charge is 2.33. The van der Waals surface area contributed by atoms with Crippen LogP contribution in [-0.4, -0.2) is 102 Å². The van der Waals surface area contributed by atoms with Crippen molar-refractivity contribution in [2.24, 2.45) is 17.4 Å². The molecule has 4 rings (SSSR count). The Balaban J connectivity index is 1.25. The van der Waals surface area contributed by atoms with Crippen molar-refractivity contribution >= 4 is 35.4 Å². The number of amides is 6. The first-order valence-corrected chi connectivity index (χ1v) is 19.3. The molecule has 0 spiro atoms. The van der Waals surface area contributed by atoms with Crippen molar-refractivity contribution in [2.75, 3.05) is 26.2 Å². The Morgan fingerprint density at radius 3 is 1.89 bits per heavy atom. The molecule has 1 saturated heterocycles. The molecule has 9 N–H and O–H groups in total. The first-order valence-electron chi connectivity index (χ1n) is 19.3. The normalized spacial score (nSPS) is 15.4. The van der Waals surface area contributed by atoms with Crippen molar-refractivity contribution in [3.8, 4) is 5.75 Å². The molecule has 3 aromatic carbocycles. The Morgan fingerprint density at radius 2 is 1.30 bits per heavy atom. The van der Waals surface area contributed by atoms with Crippen LogP contribution >= 0.6 is 0 Å². The van der Waals surface area contributed by atoms with E-state index in [-0.39, 0.29) is 24.9 Å². The van der Waals surface area contributed by atoms with E-state index in [1.807, 2.05) is 36.4 Å². The number of benzene rings is 3. The van der Waals surface area contributed by atoms with Gasteiger partial charge in [-0.3, -0.25) is 28.8 Å². The number of aliphatic hydroxyl groups is 1. The number of nitrogens with two attached hydrogens (primary N) is 2. The molecule has 1 aliphatic heterocycles. The van der Waals surface area contributed by atoms with Crippen molar-refractivity contribution in [1.82, 2.24) is 26.2 Å². The zero-order valence-electron chi connectivity index (χ0n) is 32.5. The van der Waals surface area contributed by atoms with E-state index in [0.29, 0.717) is 12.1 Å². The van der Waals surface area contributed by atoms with Gasteiger partial charge in [0.15, 0.2) is 0 Å². The fourth-order valence-corrected chi connectivity index (χ4v) is 6.53. The Labute approximate surface area is 333 Å². The Kier molecular flexibility index (Phi) is 17.0.